The van der Waals surface area contributed by atoms with E-state index in [4.69, 9.17) is 11.6 Å². The maximum Gasteiger partial charge on any atom is 0.265 e. The van der Waals surface area contributed by atoms with Gasteiger partial charge in [-0.1, -0.05) is 11.6 Å². The van der Waals surface area contributed by atoms with Gasteiger partial charge in [0.05, 0.1) is 10.7 Å². The van der Waals surface area contributed by atoms with Gasteiger partial charge in [-0.3, -0.25) is 4.72 Å². The van der Waals surface area contributed by atoms with Crippen LogP contribution in [0.3, 0.4) is 0 Å². The summed E-state index contributed by atoms with van der Waals surface area (Å²) in [4.78, 5) is 8.28. The van der Waals surface area contributed by atoms with Gasteiger partial charge in [0.2, 0.25) is 0 Å². The summed E-state index contributed by atoms with van der Waals surface area (Å²) in [5, 5.41) is 5.29. The fourth-order valence-electron chi connectivity index (χ4n) is 1.82. The lowest BCUT2D eigenvalue weighted by atomic mass is 10.3. The second-order valence-electron chi connectivity index (χ2n) is 4.71. The molecule has 0 amide bonds. The molecule has 21 heavy (non-hydrogen) atoms. The molecule has 1 fully saturated rings. The first kappa shape index (κ1) is 14.6. The molecule has 0 unspecified atom stereocenters. The lowest BCUT2D eigenvalue weighted by Crippen LogP contribution is -2.13. The number of thiazole rings is 1. The minimum absolute atomic E-state index is 0.00896. The molecule has 2 N–H and O–H groups in total. The van der Waals surface area contributed by atoms with Crippen molar-refractivity contribution in [1.29, 1.82) is 0 Å². The van der Waals surface area contributed by atoms with Crippen LogP contribution in [0.4, 0.5) is 10.9 Å². The van der Waals surface area contributed by atoms with Crippen molar-refractivity contribution in [2.75, 3.05) is 17.1 Å². The van der Waals surface area contributed by atoms with E-state index >= 15 is 0 Å². The van der Waals surface area contributed by atoms with Gasteiger partial charge in [0, 0.05) is 24.5 Å². The molecule has 0 aliphatic heterocycles. The molecule has 0 aromatic carbocycles. The molecule has 0 radical (unpaired) electrons. The Kier molecular flexibility index (Phi) is 3.76. The van der Waals surface area contributed by atoms with E-state index in [1.54, 1.807) is 7.05 Å². The molecule has 3 rings (SSSR count). The summed E-state index contributed by atoms with van der Waals surface area (Å²) >= 11 is 7.25. The van der Waals surface area contributed by atoms with Gasteiger partial charge in [-0.05, 0) is 18.9 Å². The summed E-state index contributed by atoms with van der Waals surface area (Å²) in [5.41, 5.74) is 0.958. The number of hydrogen-bond donors (Lipinski definition) is 2. The van der Waals surface area contributed by atoms with Gasteiger partial charge in [0.25, 0.3) is 10.0 Å². The highest BCUT2D eigenvalue weighted by Gasteiger charge is 2.27. The second-order valence-corrected chi connectivity index (χ2v) is 7.66. The SMILES string of the molecule is CNc1ncc(S(=O)(=O)Nc2nc(C3CC3)cs2)cc1Cl. The van der Waals surface area contributed by atoms with Gasteiger partial charge < -0.3 is 5.32 Å². The number of anilines is 2. The number of sulfonamides is 1. The standard InChI is InChI=1S/C12H13ClN4O2S2/c1-14-11-9(13)4-8(5-15-11)21(18,19)17-12-16-10(6-20-12)7-2-3-7/h4-7H,2-3H2,1H3,(H,14,15)(H,16,17). The van der Waals surface area contributed by atoms with E-state index in [-0.39, 0.29) is 9.92 Å². The number of nitrogens with zero attached hydrogens (tertiary/aromatic N) is 2. The van der Waals surface area contributed by atoms with Crippen molar-refractivity contribution < 1.29 is 8.42 Å². The predicted octanol–water partition coefficient (Wildman–Crippen LogP) is 2.91. The molecular weight excluding hydrogens is 332 g/mol. The van der Waals surface area contributed by atoms with Gasteiger partial charge in [-0.15, -0.1) is 11.3 Å². The molecule has 9 heteroatoms. The van der Waals surface area contributed by atoms with Crippen molar-refractivity contribution >= 4 is 43.9 Å². The van der Waals surface area contributed by atoms with Crippen molar-refractivity contribution in [2.45, 2.75) is 23.7 Å². The highest BCUT2D eigenvalue weighted by Crippen LogP contribution is 2.41. The lowest BCUT2D eigenvalue weighted by molar-refractivity contribution is 0.601. The van der Waals surface area contributed by atoms with Gasteiger partial charge in [-0.2, -0.15) is 0 Å². The predicted molar refractivity (Wildman–Crippen MR) is 83.7 cm³/mol. The summed E-state index contributed by atoms with van der Waals surface area (Å²) < 4.78 is 27.0. The molecule has 1 aliphatic rings. The Labute approximate surface area is 131 Å². The minimum atomic E-state index is -3.73. The summed E-state index contributed by atoms with van der Waals surface area (Å²) in [6.07, 6.45) is 3.51. The van der Waals surface area contributed by atoms with Crippen molar-refractivity contribution in [3.05, 3.63) is 28.4 Å². The Balaban J connectivity index is 1.83. The first-order valence-corrected chi connectivity index (χ1v) is 9.05. The van der Waals surface area contributed by atoms with E-state index in [9.17, 15) is 8.42 Å². The van der Waals surface area contributed by atoms with Crippen LogP contribution in [0.15, 0.2) is 22.5 Å². The van der Waals surface area contributed by atoms with E-state index in [2.05, 4.69) is 20.0 Å². The smallest absolute Gasteiger partial charge is 0.265 e. The number of halogens is 1. The zero-order valence-electron chi connectivity index (χ0n) is 11.1. The van der Waals surface area contributed by atoms with Crippen LogP contribution in [-0.4, -0.2) is 25.4 Å². The Morgan fingerprint density at radius 1 is 1.43 bits per heavy atom. The highest BCUT2D eigenvalue weighted by molar-refractivity contribution is 7.93. The monoisotopic (exact) mass is 344 g/mol. The number of pyridine rings is 1. The van der Waals surface area contributed by atoms with E-state index in [0.717, 1.165) is 18.5 Å². The molecule has 2 aromatic rings. The average Bonchev–Trinajstić information content (AvgIpc) is 3.19. The van der Waals surface area contributed by atoms with Gasteiger partial charge in [-0.25, -0.2) is 18.4 Å². The molecule has 0 atom stereocenters. The number of rotatable bonds is 5. The van der Waals surface area contributed by atoms with E-state index in [0.29, 0.717) is 16.9 Å². The Hall–Kier alpha value is -1.38. The molecule has 112 valence electrons. The molecule has 0 spiro atoms. The molecule has 2 heterocycles. The average molecular weight is 345 g/mol. The molecule has 1 aliphatic carbocycles. The number of hydrogen-bond acceptors (Lipinski definition) is 6. The third-order valence-corrected chi connectivity index (χ3v) is 5.60. The highest BCUT2D eigenvalue weighted by atomic mass is 35.5. The zero-order chi connectivity index (χ0) is 15.0. The van der Waals surface area contributed by atoms with Crippen LogP contribution in [0.2, 0.25) is 5.02 Å². The van der Waals surface area contributed by atoms with Crippen LogP contribution in [0.5, 0.6) is 0 Å². The fraction of sp³-hybridized carbons (Fsp3) is 0.333. The summed E-state index contributed by atoms with van der Waals surface area (Å²) in [6, 6.07) is 1.36. The largest absolute Gasteiger partial charge is 0.372 e. The second kappa shape index (κ2) is 5.43. The molecule has 1 saturated carbocycles. The van der Waals surface area contributed by atoms with Gasteiger partial charge in [0.1, 0.15) is 10.7 Å². The molecule has 0 saturated heterocycles. The van der Waals surface area contributed by atoms with Crippen LogP contribution < -0.4 is 10.0 Å². The summed E-state index contributed by atoms with van der Waals surface area (Å²) in [7, 11) is -2.07. The maximum absolute atomic E-state index is 12.3. The molecule has 6 nitrogen and oxygen atoms in total. The van der Waals surface area contributed by atoms with Crippen LogP contribution in [0, 0.1) is 0 Å². The molecule has 0 bridgehead atoms. The topological polar surface area (TPSA) is 84.0 Å². The van der Waals surface area contributed by atoms with Gasteiger partial charge in [0.15, 0.2) is 5.13 Å². The van der Waals surface area contributed by atoms with Crippen molar-refractivity contribution in [3.8, 4) is 0 Å². The zero-order valence-corrected chi connectivity index (χ0v) is 13.5. The van der Waals surface area contributed by atoms with Crippen LogP contribution in [0.25, 0.3) is 0 Å². The Morgan fingerprint density at radius 3 is 2.81 bits per heavy atom. The van der Waals surface area contributed by atoms with Crippen molar-refractivity contribution in [3.63, 3.8) is 0 Å². The summed E-state index contributed by atoms with van der Waals surface area (Å²) in [5.74, 6) is 0.923. The van der Waals surface area contributed by atoms with Crippen molar-refractivity contribution in [1.82, 2.24) is 9.97 Å². The molecular formula is C12H13ClN4O2S2. The first-order chi connectivity index (χ1) is 9.99. The van der Waals surface area contributed by atoms with Crippen LogP contribution >= 0.6 is 22.9 Å². The van der Waals surface area contributed by atoms with E-state index < -0.39 is 10.0 Å². The minimum Gasteiger partial charge on any atom is -0.372 e. The van der Waals surface area contributed by atoms with Gasteiger partial charge >= 0.3 is 0 Å². The van der Waals surface area contributed by atoms with E-state index in [1.807, 2.05) is 5.38 Å². The first-order valence-electron chi connectivity index (χ1n) is 6.31. The van der Waals surface area contributed by atoms with Crippen LogP contribution in [-0.2, 0) is 10.0 Å². The summed E-state index contributed by atoms with van der Waals surface area (Å²) in [6.45, 7) is 0. The van der Waals surface area contributed by atoms with E-state index in [1.165, 1.54) is 23.6 Å². The lowest BCUT2D eigenvalue weighted by Gasteiger charge is -2.07. The quantitative estimate of drug-likeness (QED) is 0.871. The fourth-order valence-corrected chi connectivity index (χ4v) is 4.17. The number of aromatic nitrogens is 2. The Bertz CT molecular complexity index is 771. The normalized spacial score (nSPS) is 15.0. The third kappa shape index (κ3) is 3.12. The maximum atomic E-state index is 12.3. The molecule has 2 aromatic heterocycles. The Morgan fingerprint density at radius 2 is 2.19 bits per heavy atom. The number of nitrogens with one attached hydrogen (secondary N) is 2. The van der Waals surface area contributed by atoms with Crippen molar-refractivity contribution in [2.24, 2.45) is 0 Å². The van der Waals surface area contributed by atoms with Crippen LogP contribution in [0.1, 0.15) is 24.5 Å². The third-order valence-electron chi connectivity index (χ3n) is 3.10.